The zero-order valence-corrected chi connectivity index (χ0v) is 15.5. The SMILES string of the molecule is Cc1cc(NC(=O)NCCc2cccs2)ccc1N1CCSCC1. The fourth-order valence-electron chi connectivity index (χ4n) is 2.82. The topological polar surface area (TPSA) is 44.4 Å². The monoisotopic (exact) mass is 361 g/mol. The molecule has 0 atom stereocenters. The van der Waals surface area contributed by atoms with Gasteiger partial charge in [0, 0.05) is 47.4 Å². The van der Waals surface area contributed by atoms with E-state index in [2.05, 4.69) is 46.0 Å². The maximum atomic E-state index is 12.0. The minimum atomic E-state index is -0.145. The third-order valence-corrected chi connectivity index (χ3v) is 5.92. The van der Waals surface area contributed by atoms with Crippen molar-refractivity contribution in [1.29, 1.82) is 0 Å². The number of aryl methyl sites for hydroxylation is 1. The fourth-order valence-corrected chi connectivity index (χ4v) is 4.43. The standard InChI is InChI=1S/C18H23N3OS2/c1-14-13-15(4-5-17(14)21-8-11-23-12-9-21)20-18(22)19-7-6-16-3-2-10-24-16/h2-5,10,13H,6-9,11-12H2,1H3,(H2,19,20,22). The number of hydrogen-bond donors (Lipinski definition) is 2. The number of nitrogens with zero attached hydrogens (tertiary/aromatic N) is 1. The molecule has 128 valence electrons. The number of thiophene rings is 1. The summed E-state index contributed by atoms with van der Waals surface area (Å²) >= 11 is 3.73. The zero-order valence-electron chi connectivity index (χ0n) is 13.9. The van der Waals surface area contributed by atoms with Gasteiger partial charge in [-0.15, -0.1) is 11.3 Å². The van der Waals surface area contributed by atoms with Gasteiger partial charge in [0.2, 0.25) is 0 Å². The summed E-state index contributed by atoms with van der Waals surface area (Å²) in [6.45, 7) is 4.95. The number of carbonyl (C=O) groups excluding carboxylic acids is 1. The van der Waals surface area contributed by atoms with Crippen molar-refractivity contribution in [3.63, 3.8) is 0 Å². The van der Waals surface area contributed by atoms with Gasteiger partial charge in [0.25, 0.3) is 0 Å². The average molecular weight is 362 g/mol. The highest BCUT2D eigenvalue weighted by molar-refractivity contribution is 7.99. The summed E-state index contributed by atoms with van der Waals surface area (Å²) < 4.78 is 0. The van der Waals surface area contributed by atoms with Crippen molar-refractivity contribution < 1.29 is 4.79 Å². The van der Waals surface area contributed by atoms with Gasteiger partial charge in [-0.25, -0.2) is 4.79 Å². The first-order chi connectivity index (χ1) is 11.7. The molecule has 0 radical (unpaired) electrons. The first-order valence-electron chi connectivity index (χ1n) is 8.23. The summed E-state index contributed by atoms with van der Waals surface area (Å²) in [5.41, 5.74) is 3.33. The Hall–Kier alpha value is -1.66. The molecule has 1 aliphatic heterocycles. The van der Waals surface area contributed by atoms with Gasteiger partial charge in [-0.1, -0.05) is 6.07 Å². The number of anilines is 2. The van der Waals surface area contributed by atoms with Crippen LogP contribution < -0.4 is 15.5 Å². The Balaban J connectivity index is 1.51. The molecule has 2 aromatic rings. The minimum Gasteiger partial charge on any atom is -0.370 e. The molecule has 6 heteroatoms. The van der Waals surface area contributed by atoms with Gasteiger partial charge < -0.3 is 15.5 Å². The summed E-state index contributed by atoms with van der Waals surface area (Å²) in [5, 5.41) is 7.89. The predicted octanol–water partition coefficient (Wildman–Crippen LogP) is 3.97. The van der Waals surface area contributed by atoms with Crippen molar-refractivity contribution in [2.24, 2.45) is 0 Å². The van der Waals surface area contributed by atoms with Gasteiger partial charge in [0.15, 0.2) is 0 Å². The number of urea groups is 1. The fraction of sp³-hybridized carbons (Fsp3) is 0.389. The van der Waals surface area contributed by atoms with Gasteiger partial charge in [-0.2, -0.15) is 11.8 Å². The molecule has 4 nitrogen and oxygen atoms in total. The number of rotatable bonds is 5. The third kappa shape index (κ3) is 4.68. The van der Waals surface area contributed by atoms with Crippen LogP contribution in [0.15, 0.2) is 35.7 Å². The molecule has 0 aliphatic carbocycles. The summed E-state index contributed by atoms with van der Waals surface area (Å²) in [5.74, 6) is 2.37. The lowest BCUT2D eigenvalue weighted by Crippen LogP contribution is -2.33. The lowest BCUT2D eigenvalue weighted by molar-refractivity contribution is 0.252. The predicted molar refractivity (Wildman–Crippen MR) is 106 cm³/mol. The smallest absolute Gasteiger partial charge is 0.319 e. The minimum absolute atomic E-state index is 0.145. The number of carbonyl (C=O) groups is 1. The molecule has 0 saturated carbocycles. The highest BCUT2D eigenvalue weighted by atomic mass is 32.2. The van der Waals surface area contributed by atoms with E-state index in [1.807, 2.05) is 23.9 Å². The van der Waals surface area contributed by atoms with E-state index < -0.39 is 0 Å². The Morgan fingerprint density at radius 3 is 2.79 bits per heavy atom. The van der Waals surface area contributed by atoms with Crippen LogP contribution >= 0.6 is 23.1 Å². The van der Waals surface area contributed by atoms with Gasteiger partial charge in [-0.05, 0) is 48.6 Å². The van der Waals surface area contributed by atoms with Crippen LogP contribution in [0.25, 0.3) is 0 Å². The van der Waals surface area contributed by atoms with E-state index in [9.17, 15) is 4.79 Å². The van der Waals surface area contributed by atoms with E-state index in [4.69, 9.17) is 0 Å². The number of nitrogens with one attached hydrogen (secondary N) is 2. The largest absolute Gasteiger partial charge is 0.370 e. The lowest BCUT2D eigenvalue weighted by Gasteiger charge is -2.30. The Labute approximate surface area is 151 Å². The summed E-state index contributed by atoms with van der Waals surface area (Å²) in [6, 6.07) is 10.1. The number of amides is 2. The Kier molecular flexibility index (Phi) is 6.04. The second-order valence-corrected chi connectivity index (χ2v) is 8.07. The van der Waals surface area contributed by atoms with Crippen LogP contribution in [-0.2, 0) is 6.42 Å². The van der Waals surface area contributed by atoms with Gasteiger partial charge in [0.05, 0.1) is 0 Å². The van der Waals surface area contributed by atoms with Crippen LogP contribution in [0.1, 0.15) is 10.4 Å². The molecule has 0 bridgehead atoms. The Morgan fingerprint density at radius 1 is 1.25 bits per heavy atom. The van der Waals surface area contributed by atoms with Crippen molar-refractivity contribution in [1.82, 2.24) is 5.32 Å². The first-order valence-corrected chi connectivity index (χ1v) is 10.3. The maximum Gasteiger partial charge on any atom is 0.319 e. The molecular weight excluding hydrogens is 338 g/mol. The van der Waals surface area contributed by atoms with Crippen molar-refractivity contribution in [3.05, 3.63) is 46.2 Å². The summed E-state index contributed by atoms with van der Waals surface area (Å²) in [7, 11) is 0. The van der Waals surface area contributed by atoms with Crippen LogP contribution in [0.2, 0.25) is 0 Å². The number of benzene rings is 1. The molecule has 2 heterocycles. The molecule has 1 aromatic carbocycles. The zero-order chi connectivity index (χ0) is 16.8. The van der Waals surface area contributed by atoms with Crippen LogP contribution in [0.4, 0.5) is 16.2 Å². The number of thioether (sulfide) groups is 1. The first kappa shape index (κ1) is 17.2. The van der Waals surface area contributed by atoms with Crippen molar-refractivity contribution in [3.8, 4) is 0 Å². The summed E-state index contributed by atoms with van der Waals surface area (Å²) in [4.78, 5) is 15.7. The molecular formula is C18H23N3OS2. The van der Waals surface area contributed by atoms with Gasteiger partial charge in [0.1, 0.15) is 0 Å². The Bertz CT molecular complexity index is 667. The van der Waals surface area contributed by atoms with E-state index in [0.29, 0.717) is 6.54 Å². The second kappa shape index (κ2) is 8.44. The third-order valence-electron chi connectivity index (χ3n) is 4.04. The average Bonchev–Trinajstić information content (AvgIpc) is 3.09. The van der Waals surface area contributed by atoms with Crippen LogP contribution in [0.5, 0.6) is 0 Å². The van der Waals surface area contributed by atoms with Crippen LogP contribution in [-0.4, -0.2) is 37.2 Å². The molecule has 3 rings (SSSR count). The molecule has 2 N–H and O–H groups in total. The molecule has 1 aliphatic rings. The van der Waals surface area contributed by atoms with Gasteiger partial charge in [-0.3, -0.25) is 0 Å². The normalized spacial score (nSPS) is 14.5. The van der Waals surface area contributed by atoms with E-state index in [-0.39, 0.29) is 6.03 Å². The van der Waals surface area contributed by atoms with E-state index in [1.54, 1.807) is 11.3 Å². The number of hydrogen-bond acceptors (Lipinski definition) is 4. The van der Waals surface area contributed by atoms with Crippen LogP contribution in [0, 0.1) is 6.92 Å². The van der Waals surface area contributed by atoms with Gasteiger partial charge >= 0.3 is 6.03 Å². The van der Waals surface area contributed by atoms with Crippen molar-refractivity contribution >= 4 is 40.5 Å². The van der Waals surface area contributed by atoms with Crippen molar-refractivity contribution in [2.45, 2.75) is 13.3 Å². The lowest BCUT2D eigenvalue weighted by atomic mass is 10.1. The summed E-state index contributed by atoms with van der Waals surface area (Å²) in [6.07, 6.45) is 0.871. The van der Waals surface area contributed by atoms with E-state index in [1.165, 1.54) is 27.6 Å². The van der Waals surface area contributed by atoms with Crippen molar-refractivity contribution in [2.75, 3.05) is 41.4 Å². The van der Waals surface area contributed by atoms with E-state index in [0.717, 1.165) is 25.2 Å². The maximum absolute atomic E-state index is 12.0. The van der Waals surface area contributed by atoms with Crippen LogP contribution in [0.3, 0.4) is 0 Å². The molecule has 1 fully saturated rings. The quantitative estimate of drug-likeness (QED) is 0.847. The Morgan fingerprint density at radius 2 is 2.08 bits per heavy atom. The molecule has 2 amide bonds. The van der Waals surface area contributed by atoms with E-state index >= 15 is 0 Å². The molecule has 24 heavy (non-hydrogen) atoms. The molecule has 0 unspecified atom stereocenters. The second-order valence-electron chi connectivity index (χ2n) is 5.81. The highest BCUT2D eigenvalue weighted by Gasteiger charge is 2.13. The molecule has 1 aromatic heterocycles. The molecule has 0 spiro atoms. The molecule has 1 saturated heterocycles. The highest BCUT2D eigenvalue weighted by Crippen LogP contribution is 2.26.